The Labute approximate surface area is 63.2 Å². The van der Waals surface area contributed by atoms with Gasteiger partial charge in [0.05, 0.1) is 0 Å². The van der Waals surface area contributed by atoms with E-state index in [-0.39, 0.29) is 0 Å². The standard InChI is InChI=1S/C5H6BrPS/c6-4-5-2-1-3-7(5)8/h1-3,7H,4H2. The van der Waals surface area contributed by atoms with E-state index >= 15 is 0 Å². The van der Waals surface area contributed by atoms with Crippen LogP contribution in [0, 0.1) is 0 Å². The summed E-state index contributed by atoms with van der Waals surface area (Å²) in [5, 5.41) is 2.35. The first-order valence-corrected chi connectivity index (χ1v) is 6.15. The van der Waals surface area contributed by atoms with Gasteiger partial charge in [0.25, 0.3) is 0 Å². The fraction of sp³-hybridized carbons (Fsp3) is 0.200. The molecule has 1 rings (SSSR count). The van der Waals surface area contributed by atoms with Crippen molar-refractivity contribution in [3.63, 3.8) is 0 Å². The van der Waals surface area contributed by atoms with Crippen LogP contribution >= 0.6 is 22.6 Å². The van der Waals surface area contributed by atoms with E-state index in [4.69, 9.17) is 11.8 Å². The highest BCUT2D eigenvalue weighted by molar-refractivity contribution is 9.09. The molecule has 0 aliphatic carbocycles. The first kappa shape index (κ1) is 6.73. The molecule has 0 N–H and O–H groups in total. The lowest BCUT2D eigenvalue weighted by Crippen LogP contribution is -1.67. The minimum absolute atomic E-state index is 0.629. The van der Waals surface area contributed by atoms with Crippen molar-refractivity contribution in [2.75, 3.05) is 5.33 Å². The van der Waals surface area contributed by atoms with Gasteiger partial charge in [-0.25, -0.2) is 0 Å². The quantitative estimate of drug-likeness (QED) is 0.472. The molecule has 0 aromatic carbocycles. The van der Waals surface area contributed by atoms with Gasteiger partial charge in [-0.1, -0.05) is 39.9 Å². The molecule has 3 heteroatoms. The minimum Gasteiger partial charge on any atom is -0.0919 e. The van der Waals surface area contributed by atoms with E-state index in [2.05, 4.69) is 33.9 Å². The van der Waals surface area contributed by atoms with Crippen molar-refractivity contribution in [1.29, 1.82) is 0 Å². The Morgan fingerprint density at radius 2 is 2.50 bits per heavy atom. The highest BCUT2D eigenvalue weighted by Crippen LogP contribution is 2.39. The summed E-state index contributed by atoms with van der Waals surface area (Å²) in [6, 6.07) is 0. The summed E-state index contributed by atoms with van der Waals surface area (Å²) in [6.07, 6.45) is 4.16. The van der Waals surface area contributed by atoms with Gasteiger partial charge in [0, 0.05) is 5.33 Å². The van der Waals surface area contributed by atoms with Crippen LogP contribution in [-0.4, -0.2) is 5.33 Å². The maximum absolute atomic E-state index is 5.14. The number of hydrogen-bond acceptors (Lipinski definition) is 1. The van der Waals surface area contributed by atoms with Gasteiger partial charge in [0.2, 0.25) is 0 Å². The summed E-state index contributed by atoms with van der Waals surface area (Å²) in [7, 11) is 0. The summed E-state index contributed by atoms with van der Waals surface area (Å²) in [4.78, 5) is 0. The van der Waals surface area contributed by atoms with Crippen molar-refractivity contribution in [2.24, 2.45) is 0 Å². The molecule has 1 aliphatic rings. The van der Waals surface area contributed by atoms with E-state index in [1.165, 1.54) is 5.31 Å². The van der Waals surface area contributed by atoms with Crippen molar-refractivity contribution in [1.82, 2.24) is 0 Å². The lowest BCUT2D eigenvalue weighted by atomic mass is 10.5. The monoisotopic (exact) mass is 208 g/mol. The van der Waals surface area contributed by atoms with Crippen LogP contribution < -0.4 is 0 Å². The van der Waals surface area contributed by atoms with E-state index in [1.807, 2.05) is 0 Å². The molecule has 0 aromatic rings. The van der Waals surface area contributed by atoms with Crippen LogP contribution in [0.4, 0.5) is 0 Å². The number of halogens is 1. The molecule has 8 heavy (non-hydrogen) atoms. The van der Waals surface area contributed by atoms with Gasteiger partial charge in [-0.15, -0.1) is 0 Å². The fourth-order valence-electron chi connectivity index (χ4n) is 0.551. The van der Waals surface area contributed by atoms with Crippen molar-refractivity contribution in [2.45, 2.75) is 0 Å². The summed E-state index contributed by atoms with van der Waals surface area (Å²) in [6.45, 7) is -0.629. The summed E-state index contributed by atoms with van der Waals surface area (Å²) in [5.41, 5.74) is 0. The first-order chi connectivity index (χ1) is 3.84. The lowest BCUT2D eigenvalue weighted by molar-refractivity contribution is 1.75. The molecule has 0 spiro atoms. The highest BCUT2D eigenvalue weighted by Gasteiger charge is 2.00. The molecule has 1 unspecified atom stereocenters. The Balaban J connectivity index is 2.73. The van der Waals surface area contributed by atoms with Gasteiger partial charge in [-0.3, -0.25) is 0 Å². The van der Waals surface area contributed by atoms with Gasteiger partial charge in [0.15, 0.2) is 0 Å². The zero-order valence-electron chi connectivity index (χ0n) is 4.23. The Hall–Kier alpha value is 0.610. The highest BCUT2D eigenvalue weighted by atomic mass is 79.9. The topological polar surface area (TPSA) is 0 Å². The van der Waals surface area contributed by atoms with E-state index in [9.17, 15) is 0 Å². The maximum atomic E-state index is 5.14. The molecule has 1 heterocycles. The molecule has 0 nitrogen and oxygen atoms in total. The maximum Gasteiger partial charge on any atom is 0.0295 e. The number of alkyl halides is 1. The van der Waals surface area contributed by atoms with Crippen LogP contribution in [0.3, 0.4) is 0 Å². The van der Waals surface area contributed by atoms with Crippen LogP contribution in [0.15, 0.2) is 23.3 Å². The second-order valence-electron chi connectivity index (χ2n) is 1.55. The summed E-state index contributed by atoms with van der Waals surface area (Å²) >= 11 is 8.51. The second kappa shape index (κ2) is 2.95. The largest absolute Gasteiger partial charge is 0.0919 e. The Bertz CT molecular complexity index is 171. The summed E-state index contributed by atoms with van der Waals surface area (Å²) < 4.78 is 0. The predicted molar refractivity (Wildman–Crippen MR) is 46.7 cm³/mol. The van der Waals surface area contributed by atoms with E-state index in [1.54, 1.807) is 0 Å². The molecule has 0 saturated heterocycles. The molecule has 0 radical (unpaired) electrons. The molecular formula is C5H6BrPS. The molecule has 0 bridgehead atoms. The fourth-order valence-corrected chi connectivity index (χ4v) is 3.73. The van der Waals surface area contributed by atoms with Crippen LogP contribution in [0.2, 0.25) is 0 Å². The Kier molecular flexibility index (Phi) is 2.48. The molecule has 1 aliphatic heterocycles. The van der Waals surface area contributed by atoms with Gasteiger partial charge in [-0.2, -0.15) is 0 Å². The third-order valence-electron chi connectivity index (χ3n) is 1.01. The molecule has 0 fully saturated rings. The third kappa shape index (κ3) is 1.31. The Morgan fingerprint density at radius 1 is 1.75 bits per heavy atom. The zero-order valence-corrected chi connectivity index (χ0v) is 7.63. The van der Waals surface area contributed by atoms with E-state index in [0.717, 1.165) is 5.33 Å². The van der Waals surface area contributed by atoms with Crippen LogP contribution in [0.1, 0.15) is 0 Å². The second-order valence-corrected chi connectivity index (χ2v) is 5.13. The third-order valence-corrected chi connectivity index (χ3v) is 4.79. The van der Waals surface area contributed by atoms with Gasteiger partial charge < -0.3 is 0 Å². The van der Waals surface area contributed by atoms with Crippen LogP contribution in [0.25, 0.3) is 0 Å². The first-order valence-electron chi connectivity index (χ1n) is 2.32. The van der Waals surface area contributed by atoms with E-state index < -0.39 is 6.70 Å². The van der Waals surface area contributed by atoms with Gasteiger partial charge in [0.1, 0.15) is 0 Å². The minimum atomic E-state index is -0.629. The molecule has 1 atom stereocenters. The SMILES string of the molecule is S=[PH]1C=CC=C1CBr. The van der Waals surface area contributed by atoms with Crippen molar-refractivity contribution < 1.29 is 0 Å². The number of rotatable bonds is 1. The van der Waals surface area contributed by atoms with Gasteiger partial charge in [-0.05, 0) is 17.8 Å². The lowest BCUT2D eigenvalue weighted by Gasteiger charge is -1.92. The Morgan fingerprint density at radius 3 is 2.75 bits per heavy atom. The van der Waals surface area contributed by atoms with Crippen molar-refractivity contribution >= 4 is 34.4 Å². The van der Waals surface area contributed by atoms with E-state index in [0.29, 0.717) is 0 Å². The smallest absolute Gasteiger partial charge is 0.0295 e. The predicted octanol–water partition coefficient (Wildman–Crippen LogP) is 2.47. The number of allylic oxidation sites excluding steroid dienone is 3. The average molecular weight is 209 g/mol. The van der Waals surface area contributed by atoms with Gasteiger partial charge >= 0.3 is 0 Å². The molecule has 44 valence electrons. The van der Waals surface area contributed by atoms with Crippen molar-refractivity contribution in [3.8, 4) is 0 Å². The average Bonchev–Trinajstić information content (AvgIpc) is 2.14. The molecule has 0 amide bonds. The van der Waals surface area contributed by atoms with Crippen LogP contribution in [-0.2, 0) is 11.8 Å². The van der Waals surface area contributed by atoms with Crippen LogP contribution in [0.5, 0.6) is 0 Å². The zero-order chi connectivity index (χ0) is 5.98. The normalized spacial score (nSPS) is 26.1. The molecular weight excluding hydrogens is 203 g/mol. The summed E-state index contributed by atoms with van der Waals surface area (Å²) in [5.74, 6) is 2.12. The molecule has 0 saturated carbocycles. The molecule has 0 aromatic heterocycles. The number of hydrogen-bond donors (Lipinski definition) is 0. The van der Waals surface area contributed by atoms with Crippen molar-refractivity contribution in [3.05, 3.63) is 23.3 Å².